The molecular weight excluding hydrogens is 324 g/mol. The predicted octanol–water partition coefficient (Wildman–Crippen LogP) is 1.02. The standard InChI is InChI=1S/C14H20N2O6S/c1-11-5-7-12(8-6-11)23(20,21)16(10-13(17)15-19)9-3-4-14(18)22-2/h5-8,13,17H,3-4,9-10H2,1-2H3. The van der Waals surface area contributed by atoms with E-state index in [2.05, 4.69) is 9.91 Å². The highest BCUT2D eigenvalue weighted by Gasteiger charge is 2.26. The number of aliphatic hydroxyl groups is 1. The SMILES string of the molecule is COC(=O)CCCN(CC(O)N=O)S(=O)(=O)c1ccc(C)cc1. The number of rotatable bonds is 9. The van der Waals surface area contributed by atoms with Crippen molar-refractivity contribution in [2.75, 3.05) is 20.2 Å². The van der Waals surface area contributed by atoms with E-state index >= 15 is 0 Å². The first-order valence-corrected chi connectivity index (χ1v) is 8.39. The summed E-state index contributed by atoms with van der Waals surface area (Å²) in [6.45, 7) is 1.31. The third-order valence-corrected chi connectivity index (χ3v) is 5.04. The van der Waals surface area contributed by atoms with E-state index in [-0.39, 0.29) is 24.3 Å². The number of nitrogens with zero attached hydrogens (tertiary/aromatic N) is 2. The normalized spacial score (nSPS) is 12.9. The number of ether oxygens (including phenoxy) is 1. The zero-order valence-corrected chi connectivity index (χ0v) is 13.8. The lowest BCUT2D eigenvalue weighted by molar-refractivity contribution is -0.140. The van der Waals surface area contributed by atoms with Crippen LogP contribution in [0.2, 0.25) is 0 Å². The molecule has 0 aromatic heterocycles. The Balaban J connectivity index is 2.94. The molecule has 23 heavy (non-hydrogen) atoms. The van der Waals surface area contributed by atoms with Gasteiger partial charge in [0.25, 0.3) is 0 Å². The number of sulfonamides is 1. The number of methoxy groups -OCH3 is 1. The van der Waals surface area contributed by atoms with Gasteiger partial charge in [-0.25, -0.2) is 8.42 Å². The molecular formula is C14H20N2O6S. The number of hydrogen-bond acceptors (Lipinski definition) is 7. The van der Waals surface area contributed by atoms with Gasteiger partial charge in [-0.05, 0) is 30.7 Å². The predicted molar refractivity (Wildman–Crippen MR) is 83.0 cm³/mol. The van der Waals surface area contributed by atoms with E-state index < -0.39 is 28.8 Å². The fourth-order valence-electron chi connectivity index (χ4n) is 1.89. The lowest BCUT2D eigenvalue weighted by atomic mass is 10.2. The second-order valence-electron chi connectivity index (χ2n) is 4.94. The number of hydrogen-bond donors (Lipinski definition) is 1. The van der Waals surface area contributed by atoms with Crippen LogP contribution in [-0.2, 0) is 19.6 Å². The summed E-state index contributed by atoms with van der Waals surface area (Å²) >= 11 is 0. The summed E-state index contributed by atoms with van der Waals surface area (Å²) in [4.78, 5) is 21.5. The van der Waals surface area contributed by atoms with Crippen molar-refractivity contribution < 1.29 is 23.1 Å². The van der Waals surface area contributed by atoms with Crippen LogP contribution in [0.4, 0.5) is 0 Å². The van der Waals surface area contributed by atoms with Crippen LogP contribution in [0.5, 0.6) is 0 Å². The quantitative estimate of drug-likeness (QED) is 0.528. The van der Waals surface area contributed by atoms with E-state index in [1.165, 1.54) is 19.2 Å². The number of aliphatic hydroxyl groups excluding tert-OH is 1. The molecule has 0 radical (unpaired) electrons. The minimum Gasteiger partial charge on any atom is -0.469 e. The molecule has 1 aromatic carbocycles. The molecule has 0 saturated heterocycles. The zero-order chi connectivity index (χ0) is 17.5. The van der Waals surface area contributed by atoms with E-state index in [9.17, 15) is 23.2 Å². The Kier molecular flexibility index (Phi) is 7.27. The Morgan fingerprint density at radius 3 is 2.48 bits per heavy atom. The van der Waals surface area contributed by atoms with Crippen molar-refractivity contribution >= 4 is 16.0 Å². The molecule has 0 fully saturated rings. The van der Waals surface area contributed by atoms with Crippen LogP contribution in [0.3, 0.4) is 0 Å². The Morgan fingerprint density at radius 2 is 1.96 bits per heavy atom. The number of aryl methyl sites for hydroxylation is 1. The summed E-state index contributed by atoms with van der Waals surface area (Å²) in [6.07, 6.45) is -1.45. The van der Waals surface area contributed by atoms with Gasteiger partial charge < -0.3 is 9.84 Å². The summed E-state index contributed by atoms with van der Waals surface area (Å²) in [5.41, 5.74) is 0.899. The number of benzene rings is 1. The van der Waals surface area contributed by atoms with Gasteiger partial charge in [-0.15, -0.1) is 4.91 Å². The van der Waals surface area contributed by atoms with E-state index in [0.717, 1.165) is 9.87 Å². The lowest BCUT2D eigenvalue weighted by Gasteiger charge is -2.22. The summed E-state index contributed by atoms with van der Waals surface area (Å²) in [7, 11) is -2.67. The minimum atomic E-state index is -3.91. The van der Waals surface area contributed by atoms with Gasteiger partial charge in [0.2, 0.25) is 16.3 Å². The van der Waals surface area contributed by atoms with Gasteiger partial charge in [0.05, 0.1) is 18.6 Å². The number of nitroso groups, excluding NO2 is 1. The lowest BCUT2D eigenvalue weighted by Crippen LogP contribution is -2.37. The van der Waals surface area contributed by atoms with E-state index in [1.54, 1.807) is 12.1 Å². The summed E-state index contributed by atoms with van der Waals surface area (Å²) in [5.74, 6) is -0.466. The Hall–Kier alpha value is -1.84. The first-order valence-electron chi connectivity index (χ1n) is 6.95. The van der Waals surface area contributed by atoms with Crippen molar-refractivity contribution in [1.29, 1.82) is 0 Å². The monoisotopic (exact) mass is 344 g/mol. The highest BCUT2D eigenvalue weighted by Crippen LogP contribution is 2.18. The summed E-state index contributed by atoms with van der Waals surface area (Å²) < 4.78 is 30.6. The largest absolute Gasteiger partial charge is 0.469 e. The van der Waals surface area contributed by atoms with Crippen molar-refractivity contribution in [3.63, 3.8) is 0 Å². The number of carbonyl (C=O) groups is 1. The smallest absolute Gasteiger partial charge is 0.305 e. The number of carbonyl (C=O) groups excluding carboxylic acids is 1. The van der Waals surface area contributed by atoms with Gasteiger partial charge in [0, 0.05) is 13.0 Å². The van der Waals surface area contributed by atoms with Crippen molar-refractivity contribution in [2.45, 2.75) is 30.9 Å². The molecule has 0 aliphatic heterocycles. The molecule has 1 aromatic rings. The van der Waals surface area contributed by atoms with Gasteiger partial charge in [0.1, 0.15) is 0 Å². The highest BCUT2D eigenvalue weighted by atomic mass is 32.2. The van der Waals surface area contributed by atoms with Crippen molar-refractivity contribution in [3.05, 3.63) is 34.7 Å². The molecule has 1 rings (SSSR count). The molecule has 8 nitrogen and oxygen atoms in total. The van der Waals surface area contributed by atoms with Crippen LogP contribution in [-0.4, -0.2) is 50.2 Å². The average Bonchev–Trinajstić information content (AvgIpc) is 2.53. The molecule has 0 saturated carbocycles. The molecule has 0 heterocycles. The van der Waals surface area contributed by atoms with Gasteiger partial charge in [-0.2, -0.15) is 4.31 Å². The van der Waals surface area contributed by atoms with Gasteiger partial charge in [-0.3, -0.25) is 4.79 Å². The van der Waals surface area contributed by atoms with Crippen molar-refractivity contribution in [2.24, 2.45) is 5.18 Å². The van der Waals surface area contributed by atoms with Crippen LogP contribution in [0, 0.1) is 11.8 Å². The van der Waals surface area contributed by atoms with Crippen LogP contribution in [0.15, 0.2) is 34.3 Å². The maximum Gasteiger partial charge on any atom is 0.305 e. The summed E-state index contributed by atoms with van der Waals surface area (Å²) in [5, 5.41) is 11.8. The van der Waals surface area contributed by atoms with Crippen molar-refractivity contribution in [3.8, 4) is 0 Å². The molecule has 0 aliphatic rings. The molecule has 0 spiro atoms. The van der Waals surface area contributed by atoms with E-state index in [0.29, 0.717) is 0 Å². The maximum atomic E-state index is 12.6. The van der Waals surface area contributed by atoms with Crippen LogP contribution in [0.25, 0.3) is 0 Å². The molecule has 1 unspecified atom stereocenters. The molecule has 0 amide bonds. The van der Waals surface area contributed by atoms with Gasteiger partial charge in [0.15, 0.2) is 0 Å². The Morgan fingerprint density at radius 1 is 1.35 bits per heavy atom. The highest BCUT2D eigenvalue weighted by molar-refractivity contribution is 7.89. The average molecular weight is 344 g/mol. The first-order chi connectivity index (χ1) is 10.8. The van der Waals surface area contributed by atoms with Gasteiger partial charge >= 0.3 is 5.97 Å². The fourth-order valence-corrected chi connectivity index (χ4v) is 3.36. The van der Waals surface area contributed by atoms with Crippen molar-refractivity contribution in [1.82, 2.24) is 4.31 Å². The van der Waals surface area contributed by atoms with Crippen LogP contribution in [0.1, 0.15) is 18.4 Å². The fraction of sp³-hybridized carbons (Fsp3) is 0.500. The molecule has 1 N–H and O–H groups in total. The van der Waals surface area contributed by atoms with Crippen LogP contribution >= 0.6 is 0 Å². The van der Waals surface area contributed by atoms with E-state index in [4.69, 9.17) is 0 Å². The Bertz CT molecular complexity index is 629. The zero-order valence-electron chi connectivity index (χ0n) is 13.0. The molecule has 0 aliphatic carbocycles. The summed E-state index contributed by atoms with van der Waals surface area (Å²) in [6, 6.07) is 6.18. The number of esters is 1. The van der Waals surface area contributed by atoms with Gasteiger partial charge in [-0.1, -0.05) is 17.7 Å². The second-order valence-corrected chi connectivity index (χ2v) is 6.88. The topological polar surface area (TPSA) is 113 Å². The Labute approximate surface area is 135 Å². The maximum absolute atomic E-state index is 12.6. The first kappa shape index (κ1) is 19.2. The molecule has 1 atom stereocenters. The third-order valence-electron chi connectivity index (χ3n) is 3.16. The molecule has 0 bridgehead atoms. The second kappa shape index (κ2) is 8.70. The van der Waals surface area contributed by atoms with Crippen LogP contribution < -0.4 is 0 Å². The molecule has 9 heteroatoms. The minimum absolute atomic E-state index is 0.0288. The van der Waals surface area contributed by atoms with E-state index in [1.807, 2.05) is 6.92 Å². The third kappa shape index (κ3) is 5.70. The molecule has 128 valence electrons.